The second-order valence-electron chi connectivity index (χ2n) is 7.61. The molecule has 1 unspecified atom stereocenters. The Morgan fingerprint density at radius 2 is 1.70 bits per heavy atom. The zero-order chi connectivity index (χ0) is 23.0. The quantitative estimate of drug-likeness (QED) is 0.433. The fourth-order valence-corrected chi connectivity index (χ4v) is 4.53. The zero-order valence-corrected chi connectivity index (χ0v) is 18.8. The lowest BCUT2D eigenvalue weighted by atomic mass is 9.88. The summed E-state index contributed by atoms with van der Waals surface area (Å²) >= 11 is 1.11. The highest BCUT2D eigenvalue weighted by molar-refractivity contribution is 7.00. The number of aromatic nitrogens is 2. The lowest BCUT2D eigenvalue weighted by molar-refractivity contribution is -0.185. The number of aliphatic hydroxyl groups is 1. The van der Waals surface area contributed by atoms with E-state index < -0.39 is 11.8 Å². The Labute approximate surface area is 194 Å². The van der Waals surface area contributed by atoms with Crippen LogP contribution in [0.25, 0.3) is 16.6 Å². The fraction of sp³-hybridized carbons (Fsp3) is 0.160. The summed E-state index contributed by atoms with van der Waals surface area (Å²) in [6.45, 7) is 0. The van der Waals surface area contributed by atoms with Crippen LogP contribution < -0.4 is 9.47 Å². The lowest BCUT2D eigenvalue weighted by Crippen LogP contribution is -2.29. The van der Waals surface area contributed by atoms with Crippen molar-refractivity contribution >= 4 is 34.3 Å². The molecule has 33 heavy (non-hydrogen) atoms. The summed E-state index contributed by atoms with van der Waals surface area (Å²) in [6, 6.07) is 19.7. The van der Waals surface area contributed by atoms with E-state index in [0.29, 0.717) is 39.3 Å². The van der Waals surface area contributed by atoms with Gasteiger partial charge in [0.05, 0.1) is 31.5 Å². The molecular formula is C25H20N2O5S. The average Bonchev–Trinajstić information content (AvgIpc) is 3.41. The number of carbonyl (C=O) groups is 1. The third-order valence-corrected chi connectivity index (χ3v) is 6.25. The molecule has 1 aromatic heterocycles. The van der Waals surface area contributed by atoms with Gasteiger partial charge in [0.25, 0.3) is 5.79 Å². The first kappa shape index (κ1) is 21.1. The SMILES string of the molecule is COc1ccc(C2(O)OC(=O)C(c3ccc4nsnc4c3)=C2Cc2cccc(OC)c2)cc1. The van der Waals surface area contributed by atoms with Gasteiger partial charge in [-0.2, -0.15) is 8.75 Å². The van der Waals surface area contributed by atoms with Crippen LogP contribution in [0.1, 0.15) is 16.7 Å². The highest BCUT2D eigenvalue weighted by atomic mass is 32.1. The number of rotatable bonds is 6. The largest absolute Gasteiger partial charge is 0.497 e. The van der Waals surface area contributed by atoms with E-state index in [1.807, 2.05) is 30.3 Å². The Bertz CT molecular complexity index is 1380. The lowest BCUT2D eigenvalue weighted by Gasteiger charge is -2.26. The van der Waals surface area contributed by atoms with Crippen LogP contribution in [0.15, 0.2) is 72.3 Å². The van der Waals surface area contributed by atoms with Crippen molar-refractivity contribution in [2.24, 2.45) is 0 Å². The number of nitrogens with zero attached hydrogens (tertiary/aromatic N) is 2. The van der Waals surface area contributed by atoms with E-state index in [4.69, 9.17) is 14.2 Å². The maximum atomic E-state index is 13.2. The molecule has 1 aliphatic rings. The van der Waals surface area contributed by atoms with Crippen molar-refractivity contribution in [3.8, 4) is 11.5 Å². The molecule has 0 radical (unpaired) electrons. The molecule has 1 atom stereocenters. The molecule has 5 rings (SSSR count). The van der Waals surface area contributed by atoms with Crippen LogP contribution in [0, 0.1) is 0 Å². The first-order chi connectivity index (χ1) is 16.0. The molecule has 0 spiro atoms. The molecule has 3 aromatic carbocycles. The minimum atomic E-state index is -1.93. The molecule has 0 saturated heterocycles. The van der Waals surface area contributed by atoms with Gasteiger partial charge in [-0.3, -0.25) is 0 Å². The van der Waals surface area contributed by atoms with Crippen molar-refractivity contribution in [1.29, 1.82) is 0 Å². The van der Waals surface area contributed by atoms with Gasteiger partial charge in [0.2, 0.25) is 0 Å². The average molecular weight is 461 g/mol. The summed E-state index contributed by atoms with van der Waals surface area (Å²) < 4.78 is 24.7. The van der Waals surface area contributed by atoms with Crippen LogP contribution in [-0.4, -0.2) is 34.0 Å². The number of cyclic esters (lactones) is 1. The van der Waals surface area contributed by atoms with Gasteiger partial charge in [-0.1, -0.05) is 18.2 Å². The van der Waals surface area contributed by atoms with Gasteiger partial charge in [0, 0.05) is 17.6 Å². The van der Waals surface area contributed by atoms with Crippen LogP contribution in [0.3, 0.4) is 0 Å². The summed E-state index contributed by atoms with van der Waals surface area (Å²) in [5, 5.41) is 11.8. The number of fused-ring (bicyclic) bond motifs is 1. The molecule has 166 valence electrons. The molecule has 1 aliphatic heterocycles. The van der Waals surface area contributed by atoms with Gasteiger partial charge in [-0.05, 0) is 59.7 Å². The van der Waals surface area contributed by atoms with Gasteiger partial charge < -0.3 is 19.3 Å². The van der Waals surface area contributed by atoms with Crippen LogP contribution in [0.4, 0.5) is 0 Å². The van der Waals surface area contributed by atoms with Gasteiger partial charge in [0.15, 0.2) is 0 Å². The summed E-state index contributed by atoms with van der Waals surface area (Å²) in [5.41, 5.74) is 4.08. The number of ether oxygens (including phenoxy) is 3. The van der Waals surface area contributed by atoms with E-state index in [2.05, 4.69) is 8.75 Å². The van der Waals surface area contributed by atoms with Gasteiger partial charge in [0.1, 0.15) is 22.5 Å². The normalized spacial score (nSPS) is 18.0. The van der Waals surface area contributed by atoms with Crippen molar-refractivity contribution in [3.63, 3.8) is 0 Å². The van der Waals surface area contributed by atoms with Crippen molar-refractivity contribution < 1.29 is 24.1 Å². The first-order valence-electron chi connectivity index (χ1n) is 10.2. The van der Waals surface area contributed by atoms with Gasteiger partial charge >= 0.3 is 5.97 Å². The van der Waals surface area contributed by atoms with Crippen LogP contribution in [-0.2, 0) is 21.7 Å². The molecule has 8 heteroatoms. The second-order valence-corrected chi connectivity index (χ2v) is 8.14. The van der Waals surface area contributed by atoms with Crippen molar-refractivity contribution in [1.82, 2.24) is 8.75 Å². The van der Waals surface area contributed by atoms with E-state index in [1.165, 1.54) is 0 Å². The van der Waals surface area contributed by atoms with Crippen molar-refractivity contribution in [2.75, 3.05) is 14.2 Å². The Kier molecular flexibility index (Phi) is 5.32. The maximum absolute atomic E-state index is 13.2. The van der Waals surface area contributed by atoms with E-state index in [1.54, 1.807) is 50.6 Å². The Hall–Kier alpha value is -3.75. The predicted octanol–water partition coefficient (Wildman–Crippen LogP) is 4.11. The molecule has 0 bridgehead atoms. The highest BCUT2D eigenvalue weighted by Crippen LogP contribution is 2.45. The molecular weight excluding hydrogens is 440 g/mol. The summed E-state index contributed by atoms with van der Waals surface area (Å²) in [6.07, 6.45) is 0.272. The smallest absolute Gasteiger partial charge is 0.342 e. The van der Waals surface area contributed by atoms with Crippen LogP contribution in [0.5, 0.6) is 11.5 Å². The standard InChI is InChI=1S/C25H20N2O5S/c1-30-18-9-7-17(8-10-18)25(29)20(13-15-4-3-5-19(12-15)31-2)23(24(28)32-25)16-6-11-21-22(14-16)27-33-26-21/h3-12,14,29H,13H2,1-2H3. The molecule has 7 nitrogen and oxygen atoms in total. The van der Waals surface area contributed by atoms with E-state index >= 15 is 0 Å². The van der Waals surface area contributed by atoms with E-state index in [9.17, 15) is 9.90 Å². The second kappa shape index (κ2) is 8.31. The highest BCUT2D eigenvalue weighted by Gasteiger charge is 2.48. The number of carbonyl (C=O) groups excluding carboxylic acids is 1. The summed E-state index contributed by atoms with van der Waals surface area (Å²) in [4.78, 5) is 13.2. The third-order valence-electron chi connectivity index (χ3n) is 5.69. The topological polar surface area (TPSA) is 90.8 Å². The minimum Gasteiger partial charge on any atom is -0.497 e. The minimum absolute atomic E-state index is 0.272. The first-order valence-corrected chi connectivity index (χ1v) is 10.9. The van der Waals surface area contributed by atoms with E-state index in [0.717, 1.165) is 22.8 Å². The monoisotopic (exact) mass is 460 g/mol. The summed E-state index contributed by atoms with van der Waals surface area (Å²) in [5.74, 6) is -1.22. The van der Waals surface area contributed by atoms with E-state index in [-0.39, 0.29) is 6.42 Å². The molecule has 1 N–H and O–H groups in total. The van der Waals surface area contributed by atoms with Crippen LogP contribution >= 0.6 is 11.7 Å². The predicted molar refractivity (Wildman–Crippen MR) is 124 cm³/mol. The molecule has 0 fully saturated rings. The Morgan fingerprint density at radius 1 is 0.939 bits per heavy atom. The van der Waals surface area contributed by atoms with Crippen LogP contribution in [0.2, 0.25) is 0 Å². The maximum Gasteiger partial charge on any atom is 0.342 e. The number of methoxy groups -OCH3 is 2. The summed E-state index contributed by atoms with van der Waals surface area (Å²) in [7, 11) is 3.16. The van der Waals surface area contributed by atoms with Gasteiger partial charge in [-0.15, -0.1) is 0 Å². The molecule has 0 aliphatic carbocycles. The van der Waals surface area contributed by atoms with Gasteiger partial charge in [-0.25, -0.2) is 4.79 Å². The number of hydrogen-bond acceptors (Lipinski definition) is 8. The number of esters is 1. The molecule has 0 saturated carbocycles. The molecule has 2 heterocycles. The number of benzene rings is 3. The molecule has 0 amide bonds. The fourth-order valence-electron chi connectivity index (χ4n) is 4.01. The van der Waals surface area contributed by atoms with Crippen molar-refractivity contribution in [3.05, 3.63) is 89.0 Å². The Morgan fingerprint density at radius 3 is 2.45 bits per heavy atom. The third kappa shape index (κ3) is 3.73. The zero-order valence-electron chi connectivity index (χ0n) is 17.9. The van der Waals surface area contributed by atoms with Crippen molar-refractivity contribution in [2.45, 2.75) is 12.2 Å². The Balaban J connectivity index is 1.69. The molecule has 4 aromatic rings. The number of hydrogen-bond donors (Lipinski definition) is 1.